The van der Waals surface area contributed by atoms with Crippen LogP contribution in [0, 0.1) is 13.8 Å². The highest BCUT2D eigenvalue weighted by Gasteiger charge is 2.52. The Balaban J connectivity index is 1.06. The zero-order valence-electron chi connectivity index (χ0n) is 26.0. The van der Waals surface area contributed by atoms with Crippen LogP contribution in [0.25, 0.3) is 22.3 Å². The lowest BCUT2D eigenvalue weighted by Crippen LogP contribution is -2.50. The summed E-state index contributed by atoms with van der Waals surface area (Å²) in [5.74, 6) is -1.38. The molecule has 2 aliphatic heterocycles. The Morgan fingerprint density at radius 1 is 1.07 bits per heavy atom. The van der Waals surface area contributed by atoms with Gasteiger partial charge < -0.3 is 20.3 Å². The minimum atomic E-state index is -1.89. The molecule has 0 radical (unpaired) electrons. The van der Waals surface area contributed by atoms with Crippen molar-refractivity contribution in [3.05, 3.63) is 83.4 Å². The van der Waals surface area contributed by atoms with E-state index in [2.05, 4.69) is 55.0 Å². The third-order valence-electron chi connectivity index (χ3n) is 10.2. The summed E-state index contributed by atoms with van der Waals surface area (Å²) in [6.45, 7) is 5.54. The number of carbonyl (C=O) groups is 2. The molecule has 0 unspecified atom stereocenters. The number of rotatable bonds is 8. The number of pyridine rings is 1. The van der Waals surface area contributed by atoms with Crippen molar-refractivity contribution < 1.29 is 18.7 Å². The van der Waals surface area contributed by atoms with E-state index in [0.29, 0.717) is 18.2 Å². The number of aromatic amines is 1. The van der Waals surface area contributed by atoms with Crippen LogP contribution < -0.4 is 15.5 Å². The number of alkyl halides is 1. The summed E-state index contributed by atoms with van der Waals surface area (Å²) in [6, 6.07) is 15.5. The Hall–Kier alpha value is -4.57. The monoisotopic (exact) mass is 620 g/mol. The first-order chi connectivity index (χ1) is 22.3. The molecule has 3 N–H and O–H groups in total. The van der Waals surface area contributed by atoms with Crippen molar-refractivity contribution >= 4 is 23.2 Å². The van der Waals surface area contributed by atoms with Gasteiger partial charge in [-0.3, -0.25) is 19.7 Å². The van der Waals surface area contributed by atoms with Gasteiger partial charge in [0.05, 0.1) is 36.3 Å². The maximum Gasteiger partial charge on any atom is 0.258 e. The van der Waals surface area contributed by atoms with Gasteiger partial charge in [0.25, 0.3) is 5.91 Å². The number of H-pyrrole nitrogens is 1. The number of carbonyl (C=O) groups excluding carboxylic acids is 2. The topological polar surface area (TPSA) is 112 Å². The lowest BCUT2D eigenvalue weighted by molar-refractivity contribution is -0.131. The standard InChI is InChI=1S/C36H37FN6O3/c1-20-32(21(2)42-41-20)23-5-8-26(9-6-23)39-34(44)33(40-35(45)36(37)11-12-36)30-10-7-22-3-4-24(14-31(22)30)25-13-27(17-38-16-25)43-18-29-15-28(43)19-46-29/h3-6,8-9,13-14,16-17,28-30,33H,7,10-12,15,18-19H2,1-2H3,(H,39,44)(H,40,45)(H,41,42)/t28-,29-,30+,33-/m0/s1. The number of morpholine rings is 1. The van der Waals surface area contributed by atoms with E-state index in [4.69, 9.17) is 4.74 Å². The second kappa shape index (κ2) is 11.0. The molecule has 4 heterocycles. The Labute approximate surface area is 266 Å². The van der Waals surface area contributed by atoms with Crippen molar-refractivity contribution in [3.63, 3.8) is 0 Å². The predicted octanol–water partition coefficient (Wildman–Crippen LogP) is 5.39. The number of fused-ring (bicyclic) bond motifs is 3. The zero-order valence-corrected chi connectivity index (χ0v) is 26.0. The van der Waals surface area contributed by atoms with Gasteiger partial charge in [-0.2, -0.15) is 5.10 Å². The summed E-state index contributed by atoms with van der Waals surface area (Å²) >= 11 is 0. The molecule has 4 atom stereocenters. The summed E-state index contributed by atoms with van der Waals surface area (Å²) in [7, 11) is 0. The molecule has 9 nitrogen and oxygen atoms in total. The number of hydrogen-bond donors (Lipinski definition) is 3. The van der Waals surface area contributed by atoms with Crippen LogP contribution in [0.5, 0.6) is 0 Å². The van der Waals surface area contributed by atoms with E-state index >= 15 is 0 Å². The van der Waals surface area contributed by atoms with E-state index in [1.54, 1.807) is 0 Å². The molecule has 2 amide bonds. The maximum atomic E-state index is 14.9. The average molecular weight is 621 g/mol. The van der Waals surface area contributed by atoms with Gasteiger partial charge >= 0.3 is 0 Å². The van der Waals surface area contributed by atoms with Gasteiger partial charge in [-0.15, -0.1) is 0 Å². The smallest absolute Gasteiger partial charge is 0.258 e. The molecule has 2 bridgehead atoms. The van der Waals surface area contributed by atoms with Crippen LogP contribution in [0.2, 0.25) is 0 Å². The molecule has 1 saturated carbocycles. The SMILES string of the molecule is Cc1n[nH]c(C)c1-c1ccc(NC(=O)[C@@H](NC(=O)C2(F)CC2)[C@@H]2CCc3ccc(-c4cncc(N5C[C@@H]6C[C@H]5CO6)c4)cc32)cc1. The summed E-state index contributed by atoms with van der Waals surface area (Å²) in [6.07, 6.45) is 6.91. The summed E-state index contributed by atoms with van der Waals surface area (Å²) in [4.78, 5) is 33.9. The Kier molecular flexibility index (Phi) is 6.93. The minimum absolute atomic E-state index is 0.182. The van der Waals surface area contributed by atoms with Gasteiger partial charge in [0, 0.05) is 41.2 Å². The minimum Gasteiger partial charge on any atom is -0.374 e. The second-order valence-corrected chi connectivity index (χ2v) is 13.3. The van der Waals surface area contributed by atoms with E-state index in [-0.39, 0.29) is 30.8 Å². The van der Waals surface area contributed by atoms with E-state index in [0.717, 1.165) is 76.4 Å². The van der Waals surface area contributed by atoms with Gasteiger partial charge in [-0.05, 0) is 86.4 Å². The molecular formula is C36H37FN6O3. The first-order valence-corrected chi connectivity index (χ1v) is 16.1. The van der Waals surface area contributed by atoms with Crippen LogP contribution in [-0.2, 0) is 20.7 Å². The van der Waals surface area contributed by atoms with E-state index in [9.17, 15) is 14.0 Å². The molecule has 2 aromatic carbocycles. The van der Waals surface area contributed by atoms with E-state index in [1.165, 1.54) is 0 Å². The van der Waals surface area contributed by atoms with Gasteiger partial charge in [0.2, 0.25) is 5.91 Å². The van der Waals surface area contributed by atoms with Crippen LogP contribution in [0.15, 0.2) is 60.9 Å². The zero-order chi connectivity index (χ0) is 31.6. The Morgan fingerprint density at radius 3 is 2.57 bits per heavy atom. The third-order valence-corrected chi connectivity index (χ3v) is 10.2. The van der Waals surface area contributed by atoms with Crippen molar-refractivity contribution in [3.8, 4) is 22.3 Å². The van der Waals surface area contributed by atoms with Crippen LogP contribution in [0.4, 0.5) is 15.8 Å². The van der Waals surface area contributed by atoms with Crippen LogP contribution in [-0.4, -0.2) is 64.0 Å². The van der Waals surface area contributed by atoms with Crippen molar-refractivity contribution in [1.29, 1.82) is 0 Å². The highest BCUT2D eigenvalue weighted by Crippen LogP contribution is 2.43. The molecule has 8 rings (SSSR count). The quantitative estimate of drug-likeness (QED) is 0.244. The Morgan fingerprint density at radius 2 is 1.87 bits per heavy atom. The largest absolute Gasteiger partial charge is 0.374 e. The van der Waals surface area contributed by atoms with E-state index in [1.807, 2.05) is 50.5 Å². The summed E-state index contributed by atoms with van der Waals surface area (Å²) < 4.78 is 20.7. The number of benzene rings is 2. The number of hydrogen-bond acceptors (Lipinski definition) is 6. The number of amides is 2. The molecular weight excluding hydrogens is 583 g/mol. The van der Waals surface area contributed by atoms with Crippen LogP contribution in [0.3, 0.4) is 0 Å². The molecule has 10 heteroatoms. The molecule has 4 aliphatic rings. The molecule has 2 saturated heterocycles. The van der Waals surface area contributed by atoms with Gasteiger partial charge in [-0.1, -0.05) is 30.3 Å². The first kappa shape index (κ1) is 28.9. The van der Waals surface area contributed by atoms with Crippen molar-refractivity contribution in [1.82, 2.24) is 20.5 Å². The number of ether oxygens (including phenoxy) is 1. The molecule has 4 aromatic rings. The van der Waals surface area contributed by atoms with Crippen LogP contribution in [0.1, 0.15) is 54.1 Å². The van der Waals surface area contributed by atoms with Crippen molar-refractivity contribution in [2.24, 2.45) is 0 Å². The predicted molar refractivity (Wildman–Crippen MR) is 173 cm³/mol. The van der Waals surface area contributed by atoms with Gasteiger partial charge in [-0.25, -0.2) is 4.39 Å². The normalized spacial score (nSPS) is 22.8. The number of aryl methyl sites for hydroxylation is 3. The summed E-state index contributed by atoms with van der Waals surface area (Å²) in [5.41, 5.74) is 7.80. The van der Waals surface area contributed by atoms with Crippen LogP contribution >= 0.6 is 0 Å². The molecule has 2 aliphatic carbocycles. The second-order valence-electron chi connectivity index (χ2n) is 13.3. The number of anilines is 2. The van der Waals surface area contributed by atoms with E-state index < -0.39 is 17.6 Å². The van der Waals surface area contributed by atoms with Gasteiger partial charge in [0.15, 0.2) is 5.67 Å². The Bertz CT molecular complexity index is 1810. The highest BCUT2D eigenvalue weighted by atomic mass is 19.1. The highest BCUT2D eigenvalue weighted by molar-refractivity contribution is 6.00. The molecule has 3 fully saturated rings. The fourth-order valence-corrected chi connectivity index (χ4v) is 7.49. The maximum absolute atomic E-state index is 14.9. The fraction of sp³-hybridized carbons (Fsp3) is 0.389. The lowest BCUT2D eigenvalue weighted by atomic mass is 9.90. The fourth-order valence-electron chi connectivity index (χ4n) is 7.49. The van der Waals surface area contributed by atoms with Crippen molar-refractivity contribution in [2.45, 2.75) is 75.7 Å². The molecule has 2 aromatic heterocycles. The third kappa shape index (κ3) is 5.14. The van der Waals surface area contributed by atoms with Crippen molar-refractivity contribution in [2.75, 3.05) is 23.4 Å². The molecule has 236 valence electrons. The average Bonchev–Trinajstić information content (AvgIpc) is 3.47. The molecule has 0 spiro atoms. The number of nitrogens with one attached hydrogen (secondary N) is 3. The number of aromatic nitrogens is 3. The number of halogens is 1. The summed E-state index contributed by atoms with van der Waals surface area (Å²) in [5, 5.41) is 13.1. The number of nitrogens with zero attached hydrogens (tertiary/aromatic N) is 3. The molecule has 46 heavy (non-hydrogen) atoms. The van der Waals surface area contributed by atoms with Gasteiger partial charge in [0.1, 0.15) is 6.04 Å². The first-order valence-electron chi connectivity index (χ1n) is 16.1. The lowest BCUT2D eigenvalue weighted by Gasteiger charge is -2.29.